The monoisotopic (exact) mass is 148 g/mol. The minimum Gasteiger partial charge on any atom is -0.344 e. The number of rotatable bonds is 1. The van der Waals surface area contributed by atoms with Gasteiger partial charge < -0.3 is 6.15 Å². The third-order valence-electron chi connectivity index (χ3n) is 0.772. The first-order valence-electron chi connectivity index (χ1n) is 3.26. The molecule has 0 saturated heterocycles. The van der Waals surface area contributed by atoms with E-state index in [1.165, 1.54) is 5.01 Å². The highest BCUT2D eigenvalue weighted by Crippen LogP contribution is 1.74. The van der Waals surface area contributed by atoms with Gasteiger partial charge in [-0.05, 0) is 13.8 Å². The van der Waals surface area contributed by atoms with Gasteiger partial charge in [0.15, 0.2) is 0 Å². The standard InChI is InChI=1S/C4H11N3.C2H6.H3N/c1-3-7(6)4(2)5;1-2;/h5H,3,6H2,1-2H3;1-2H3;1H3. The van der Waals surface area contributed by atoms with Crippen LogP contribution in [0.3, 0.4) is 0 Å². The number of hydrazine groups is 1. The van der Waals surface area contributed by atoms with E-state index in [4.69, 9.17) is 11.3 Å². The number of amidine groups is 1. The van der Waals surface area contributed by atoms with E-state index in [0.29, 0.717) is 12.4 Å². The van der Waals surface area contributed by atoms with Crippen molar-refractivity contribution in [2.24, 2.45) is 5.84 Å². The van der Waals surface area contributed by atoms with Crippen LogP contribution in [0.25, 0.3) is 0 Å². The summed E-state index contributed by atoms with van der Waals surface area (Å²) >= 11 is 0. The predicted octanol–water partition coefficient (Wildman–Crippen LogP) is 1.37. The summed E-state index contributed by atoms with van der Waals surface area (Å²) in [4.78, 5) is 0. The molecule has 64 valence electrons. The molecule has 0 unspecified atom stereocenters. The van der Waals surface area contributed by atoms with E-state index >= 15 is 0 Å². The average molecular weight is 148 g/mol. The number of hydrogen-bond donors (Lipinski definition) is 3. The van der Waals surface area contributed by atoms with E-state index in [1.54, 1.807) is 6.92 Å². The minimum atomic E-state index is 0. The molecule has 0 aromatic carbocycles. The summed E-state index contributed by atoms with van der Waals surface area (Å²) in [6.45, 7) is 8.26. The summed E-state index contributed by atoms with van der Waals surface area (Å²) < 4.78 is 0. The summed E-state index contributed by atoms with van der Waals surface area (Å²) in [5, 5.41) is 8.28. The maximum atomic E-state index is 6.90. The third-order valence-corrected chi connectivity index (χ3v) is 0.772. The molecule has 0 spiro atoms. The van der Waals surface area contributed by atoms with Gasteiger partial charge in [-0.3, -0.25) is 10.4 Å². The quantitative estimate of drug-likeness (QED) is 0.227. The summed E-state index contributed by atoms with van der Waals surface area (Å²) in [6.07, 6.45) is 0. The number of nitrogens with zero attached hydrogens (tertiary/aromatic N) is 1. The molecule has 0 rings (SSSR count). The molecule has 10 heavy (non-hydrogen) atoms. The zero-order valence-electron chi connectivity index (χ0n) is 7.44. The summed E-state index contributed by atoms with van der Waals surface area (Å²) in [5.41, 5.74) is 0. The second kappa shape index (κ2) is 11.2. The third kappa shape index (κ3) is 10.4. The van der Waals surface area contributed by atoms with Crippen molar-refractivity contribution in [3.05, 3.63) is 0 Å². The average Bonchev–Trinajstić information content (AvgIpc) is 1.91. The Balaban J connectivity index is -0.000000149. The summed E-state index contributed by atoms with van der Waals surface area (Å²) in [7, 11) is 0. The zero-order chi connectivity index (χ0) is 7.86. The molecule has 0 aliphatic carbocycles. The predicted molar refractivity (Wildman–Crippen MR) is 46.3 cm³/mol. The van der Waals surface area contributed by atoms with Crippen molar-refractivity contribution in [2.75, 3.05) is 6.54 Å². The Hall–Kier alpha value is -0.610. The van der Waals surface area contributed by atoms with Crippen molar-refractivity contribution in [3.8, 4) is 0 Å². The van der Waals surface area contributed by atoms with Crippen molar-refractivity contribution in [1.29, 1.82) is 5.41 Å². The Morgan fingerprint density at radius 2 is 1.80 bits per heavy atom. The molecule has 0 saturated carbocycles. The molecule has 0 aromatic rings. The van der Waals surface area contributed by atoms with Crippen LogP contribution in [0.15, 0.2) is 0 Å². The van der Waals surface area contributed by atoms with Crippen LogP contribution in [0.1, 0.15) is 27.7 Å². The molecule has 0 bridgehead atoms. The van der Waals surface area contributed by atoms with Crippen LogP contribution >= 0.6 is 0 Å². The smallest absolute Gasteiger partial charge is 0.107 e. The molecular weight excluding hydrogens is 128 g/mol. The number of nitrogens with one attached hydrogen (secondary N) is 1. The van der Waals surface area contributed by atoms with Crippen LogP contribution in [0.5, 0.6) is 0 Å². The Kier molecular flexibility index (Phi) is 18.2. The Morgan fingerprint density at radius 1 is 1.50 bits per heavy atom. The summed E-state index contributed by atoms with van der Waals surface area (Å²) in [6, 6.07) is 0. The van der Waals surface area contributed by atoms with Crippen LogP contribution in [-0.4, -0.2) is 17.4 Å². The fourth-order valence-corrected chi connectivity index (χ4v) is 0.237. The van der Waals surface area contributed by atoms with Gasteiger partial charge in [0, 0.05) is 6.54 Å². The lowest BCUT2D eigenvalue weighted by molar-refractivity contribution is 0.459. The molecule has 0 radical (unpaired) electrons. The maximum Gasteiger partial charge on any atom is 0.107 e. The fourth-order valence-electron chi connectivity index (χ4n) is 0.237. The Bertz CT molecular complexity index is 72.1. The highest BCUT2D eigenvalue weighted by atomic mass is 15.4. The topological polar surface area (TPSA) is 88.1 Å². The highest BCUT2D eigenvalue weighted by molar-refractivity contribution is 5.75. The van der Waals surface area contributed by atoms with Crippen molar-refractivity contribution in [2.45, 2.75) is 27.7 Å². The lowest BCUT2D eigenvalue weighted by Crippen LogP contribution is -2.34. The first-order chi connectivity index (χ1) is 4.18. The van der Waals surface area contributed by atoms with Gasteiger partial charge >= 0.3 is 0 Å². The largest absolute Gasteiger partial charge is 0.344 e. The van der Waals surface area contributed by atoms with Crippen LogP contribution in [0, 0.1) is 5.41 Å². The van der Waals surface area contributed by atoms with E-state index < -0.39 is 0 Å². The van der Waals surface area contributed by atoms with Gasteiger partial charge in [0.1, 0.15) is 5.84 Å². The van der Waals surface area contributed by atoms with E-state index in [0.717, 1.165) is 0 Å². The first-order valence-corrected chi connectivity index (χ1v) is 3.26. The van der Waals surface area contributed by atoms with Crippen LogP contribution in [0.4, 0.5) is 0 Å². The molecule has 0 heterocycles. The Labute approximate surface area is 63.5 Å². The van der Waals surface area contributed by atoms with Crippen LogP contribution in [-0.2, 0) is 0 Å². The van der Waals surface area contributed by atoms with Crippen molar-refractivity contribution < 1.29 is 0 Å². The fraction of sp³-hybridized carbons (Fsp3) is 0.833. The lowest BCUT2D eigenvalue weighted by atomic mass is 10.6. The zero-order valence-corrected chi connectivity index (χ0v) is 7.44. The van der Waals surface area contributed by atoms with Crippen LogP contribution in [0.2, 0.25) is 0 Å². The molecule has 4 heteroatoms. The maximum absolute atomic E-state index is 6.90. The van der Waals surface area contributed by atoms with Gasteiger partial charge in [-0.1, -0.05) is 13.8 Å². The van der Waals surface area contributed by atoms with Crippen molar-refractivity contribution >= 4 is 5.84 Å². The van der Waals surface area contributed by atoms with Crippen molar-refractivity contribution in [3.63, 3.8) is 0 Å². The SMILES string of the molecule is CC.CCN(N)C(C)=N.N. The molecular formula is C6H20N4. The number of nitrogens with two attached hydrogens (primary N) is 1. The molecule has 0 fully saturated rings. The highest BCUT2D eigenvalue weighted by Gasteiger charge is 1.89. The molecule has 6 N–H and O–H groups in total. The summed E-state index contributed by atoms with van der Waals surface area (Å²) in [5.74, 6) is 5.63. The molecule has 0 aliphatic heterocycles. The second-order valence-electron chi connectivity index (χ2n) is 1.37. The molecule has 0 amide bonds. The normalized spacial score (nSPS) is 6.50. The molecule has 0 aromatic heterocycles. The first kappa shape index (κ1) is 16.2. The lowest BCUT2D eigenvalue weighted by Gasteiger charge is -2.11. The molecule has 0 aliphatic rings. The Morgan fingerprint density at radius 3 is 1.80 bits per heavy atom. The van der Waals surface area contributed by atoms with E-state index in [2.05, 4.69) is 0 Å². The number of hydrogen-bond acceptors (Lipinski definition) is 3. The molecule has 4 nitrogen and oxygen atoms in total. The van der Waals surface area contributed by atoms with Gasteiger partial charge in [0.05, 0.1) is 0 Å². The van der Waals surface area contributed by atoms with Gasteiger partial charge in [-0.2, -0.15) is 0 Å². The van der Waals surface area contributed by atoms with Gasteiger partial charge in [0.25, 0.3) is 0 Å². The van der Waals surface area contributed by atoms with Crippen molar-refractivity contribution in [1.82, 2.24) is 11.2 Å². The molecule has 0 atom stereocenters. The second-order valence-corrected chi connectivity index (χ2v) is 1.37. The van der Waals surface area contributed by atoms with E-state index in [9.17, 15) is 0 Å². The van der Waals surface area contributed by atoms with Gasteiger partial charge in [-0.15, -0.1) is 0 Å². The van der Waals surface area contributed by atoms with Gasteiger partial charge in [-0.25, -0.2) is 5.84 Å². The minimum absolute atomic E-state index is 0. The van der Waals surface area contributed by atoms with E-state index in [-0.39, 0.29) is 6.15 Å². The van der Waals surface area contributed by atoms with E-state index in [1.807, 2.05) is 20.8 Å². The van der Waals surface area contributed by atoms with Gasteiger partial charge in [0.2, 0.25) is 0 Å². The van der Waals surface area contributed by atoms with Crippen LogP contribution < -0.4 is 12.0 Å².